The van der Waals surface area contributed by atoms with Gasteiger partial charge in [0.15, 0.2) is 0 Å². The van der Waals surface area contributed by atoms with Crippen molar-refractivity contribution in [3.05, 3.63) is 77.2 Å². The number of likely N-dealkylation sites (tertiary alicyclic amines) is 1. The molecule has 8 nitrogen and oxygen atoms in total. The van der Waals surface area contributed by atoms with Crippen molar-refractivity contribution >= 4 is 23.3 Å². The highest BCUT2D eigenvalue weighted by molar-refractivity contribution is 6.30. The van der Waals surface area contributed by atoms with Crippen LogP contribution in [0.15, 0.2) is 60.8 Å². The Labute approximate surface area is 204 Å². The van der Waals surface area contributed by atoms with Gasteiger partial charge in [-0.3, -0.25) is 4.90 Å². The monoisotopic (exact) mass is 481 g/mol. The van der Waals surface area contributed by atoms with E-state index in [1.807, 2.05) is 12.1 Å². The van der Waals surface area contributed by atoms with E-state index in [0.29, 0.717) is 29.0 Å². The van der Waals surface area contributed by atoms with Crippen molar-refractivity contribution in [2.45, 2.75) is 24.9 Å². The number of carbonyl (C=O) groups is 1. The number of urea groups is 1. The van der Waals surface area contributed by atoms with Gasteiger partial charge in [-0.1, -0.05) is 23.7 Å². The standard InChI is InChI=1S/C25H28ClN5O3/c1-33-20-9-3-17(4-10-20)21-15-31(16-23-27-13-11-24(30-23)34-2)14-12-22(21)29-25(32)28-19-7-5-18(26)6-8-19/h3-11,13,21-22H,12,14-16H2,1-2H3,(H2,28,29,32). The first-order valence-corrected chi connectivity index (χ1v) is 11.5. The number of halogens is 1. The number of piperidine rings is 1. The van der Waals surface area contributed by atoms with Gasteiger partial charge in [0.2, 0.25) is 5.88 Å². The number of aromatic nitrogens is 2. The van der Waals surface area contributed by atoms with Crippen molar-refractivity contribution in [2.24, 2.45) is 0 Å². The van der Waals surface area contributed by atoms with E-state index in [4.69, 9.17) is 21.1 Å². The molecule has 2 N–H and O–H groups in total. The maximum Gasteiger partial charge on any atom is 0.319 e. The molecule has 0 saturated carbocycles. The summed E-state index contributed by atoms with van der Waals surface area (Å²) < 4.78 is 10.5. The fourth-order valence-corrected chi connectivity index (χ4v) is 4.29. The lowest BCUT2D eigenvalue weighted by Crippen LogP contribution is -2.50. The first-order valence-electron chi connectivity index (χ1n) is 11.1. The van der Waals surface area contributed by atoms with Crippen molar-refractivity contribution in [1.29, 1.82) is 0 Å². The summed E-state index contributed by atoms with van der Waals surface area (Å²) in [6, 6.07) is 16.5. The molecule has 1 aromatic heterocycles. The average molecular weight is 482 g/mol. The molecule has 3 aromatic rings. The van der Waals surface area contributed by atoms with E-state index in [1.54, 1.807) is 50.7 Å². The third-order valence-electron chi connectivity index (χ3n) is 5.91. The zero-order valence-electron chi connectivity index (χ0n) is 19.2. The number of hydrogen-bond donors (Lipinski definition) is 2. The largest absolute Gasteiger partial charge is 0.497 e. The Morgan fingerprint density at radius 2 is 1.85 bits per heavy atom. The second kappa shape index (κ2) is 11.2. The van der Waals surface area contributed by atoms with Crippen LogP contribution >= 0.6 is 11.6 Å². The van der Waals surface area contributed by atoms with Crippen LogP contribution in [0.4, 0.5) is 10.5 Å². The minimum absolute atomic E-state index is 0.0387. The van der Waals surface area contributed by atoms with E-state index in [2.05, 4.69) is 37.6 Å². The first-order chi connectivity index (χ1) is 16.5. The van der Waals surface area contributed by atoms with Gasteiger partial charge in [0.05, 0.1) is 20.8 Å². The first kappa shape index (κ1) is 23.8. The Balaban J connectivity index is 1.48. The zero-order chi connectivity index (χ0) is 23.9. The highest BCUT2D eigenvalue weighted by Gasteiger charge is 2.32. The van der Waals surface area contributed by atoms with Gasteiger partial charge in [0, 0.05) is 48.0 Å². The van der Waals surface area contributed by atoms with E-state index in [1.165, 1.54) is 0 Å². The van der Waals surface area contributed by atoms with Crippen LogP contribution in [0.25, 0.3) is 0 Å². The lowest BCUT2D eigenvalue weighted by molar-refractivity contribution is 0.165. The Hall–Kier alpha value is -3.36. The molecule has 4 rings (SSSR count). The number of ether oxygens (including phenoxy) is 2. The number of hydrogen-bond acceptors (Lipinski definition) is 6. The van der Waals surface area contributed by atoms with Crippen LogP contribution in [-0.4, -0.2) is 54.2 Å². The van der Waals surface area contributed by atoms with Gasteiger partial charge in [-0.2, -0.15) is 4.98 Å². The smallest absolute Gasteiger partial charge is 0.319 e. The second-order valence-corrected chi connectivity index (χ2v) is 8.57. The van der Waals surface area contributed by atoms with Crippen molar-refractivity contribution < 1.29 is 14.3 Å². The van der Waals surface area contributed by atoms with Gasteiger partial charge in [-0.25, -0.2) is 9.78 Å². The molecule has 0 spiro atoms. The average Bonchev–Trinajstić information content (AvgIpc) is 2.86. The number of anilines is 1. The van der Waals surface area contributed by atoms with Crippen molar-refractivity contribution in [1.82, 2.24) is 20.2 Å². The molecule has 1 aliphatic rings. The van der Waals surface area contributed by atoms with Crippen molar-refractivity contribution in [2.75, 3.05) is 32.6 Å². The maximum absolute atomic E-state index is 12.8. The van der Waals surface area contributed by atoms with Crippen LogP contribution in [0.3, 0.4) is 0 Å². The molecule has 178 valence electrons. The third kappa shape index (κ3) is 6.15. The number of rotatable bonds is 7. The lowest BCUT2D eigenvalue weighted by atomic mass is 9.86. The molecule has 2 unspecified atom stereocenters. The summed E-state index contributed by atoms with van der Waals surface area (Å²) in [5.74, 6) is 2.14. The highest BCUT2D eigenvalue weighted by Crippen LogP contribution is 2.30. The number of benzene rings is 2. The van der Waals surface area contributed by atoms with Crippen molar-refractivity contribution in [3.63, 3.8) is 0 Å². The quantitative estimate of drug-likeness (QED) is 0.522. The predicted molar refractivity (Wildman–Crippen MR) is 132 cm³/mol. The van der Waals surface area contributed by atoms with Crippen LogP contribution in [0.1, 0.15) is 23.7 Å². The highest BCUT2D eigenvalue weighted by atomic mass is 35.5. The minimum atomic E-state index is -0.240. The van der Waals surface area contributed by atoms with E-state index < -0.39 is 0 Å². The van der Waals surface area contributed by atoms with Crippen molar-refractivity contribution in [3.8, 4) is 11.6 Å². The molecule has 0 aliphatic carbocycles. The molecule has 1 saturated heterocycles. The van der Waals surface area contributed by atoms with Gasteiger partial charge in [-0.05, 0) is 48.4 Å². The normalized spacial score (nSPS) is 18.2. The summed E-state index contributed by atoms with van der Waals surface area (Å²) >= 11 is 5.94. The Kier molecular flexibility index (Phi) is 7.82. The third-order valence-corrected chi connectivity index (χ3v) is 6.17. The lowest BCUT2D eigenvalue weighted by Gasteiger charge is -2.39. The number of carbonyl (C=O) groups excluding carboxylic acids is 1. The topological polar surface area (TPSA) is 88.6 Å². The molecule has 34 heavy (non-hydrogen) atoms. The van der Waals surface area contributed by atoms with E-state index in [0.717, 1.165) is 30.8 Å². The number of amides is 2. The molecule has 2 amide bonds. The summed E-state index contributed by atoms with van der Waals surface area (Å²) in [6.07, 6.45) is 2.49. The number of methoxy groups -OCH3 is 2. The molecular weight excluding hydrogens is 454 g/mol. The van der Waals surface area contributed by atoms with Gasteiger partial charge >= 0.3 is 6.03 Å². The second-order valence-electron chi connectivity index (χ2n) is 8.13. The molecule has 2 atom stereocenters. The summed E-state index contributed by atoms with van der Waals surface area (Å²) in [7, 11) is 3.25. The SMILES string of the molecule is COc1ccc(C2CN(Cc3nccc(OC)n3)CCC2NC(=O)Nc2ccc(Cl)cc2)cc1. The molecule has 2 heterocycles. The summed E-state index contributed by atoms with van der Waals surface area (Å²) in [5, 5.41) is 6.69. The van der Waals surface area contributed by atoms with Crippen LogP contribution in [0.2, 0.25) is 5.02 Å². The van der Waals surface area contributed by atoms with Crippen LogP contribution < -0.4 is 20.1 Å². The Morgan fingerprint density at radius 3 is 2.56 bits per heavy atom. The Morgan fingerprint density at radius 1 is 1.09 bits per heavy atom. The molecular formula is C25H28ClN5O3. The van der Waals surface area contributed by atoms with E-state index in [9.17, 15) is 4.79 Å². The van der Waals surface area contributed by atoms with Crippen LogP contribution in [-0.2, 0) is 6.54 Å². The molecule has 1 aliphatic heterocycles. The minimum Gasteiger partial charge on any atom is -0.497 e. The number of nitrogens with one attached hydrogen (secondary N) is 2. The number of nitrogens with zero attached hydrogens (tertiary/aromatic N) is 3. The fourth-order valence-electron chi connectivity index (χ4n) is 4.16. The molecule has 0 radical (unpaired) electrons. The zero-order valence-corrected chi connectivity index (χ0v) is 20.0. The summed E-state index contributed by atoms with van der Waals surface area (Å²) in [6.45, 7) is 2.16. The summed E-state index contributed by atoms with van der Waals surface area (Å²) in [5.41, 5.74) is 1.82. The Bertz CT molecular complexity index is 1090. The van der Waals surface area contributed by atoms with Gasteiger partial charge in [0.25, 0.3) is 0 Å². The summed E-state index contributed by atoms with van der Waals surface area (Å²) in [4.78, 5) is 23.9. The molecule has 2 aromatic carbocycles. The van der Waals surface area contributed by atoms with Gasteiger partial charge in [0.1, 0.15) is 11.6 Å². The predicted octanol–water partition coefficient (Wildman–Crippen LogP) is 4.33. The van der Waals surface area contributed by atoms with Gasteiger partial charge < -0.3 is 20.1 Å². The molecule has 1 fully saturated rings. The maximum atomic E-state index is 12.8. The van der Waals surface area contributed by atoms with Gasteiger partial charge in [-0.15, -0.1) is 0 Å². The van der Waals surface area contributed by atoms with Crippen LogP contribution in [0, 0.1) is 0 Å². The molecule has 0 bridgehead atoms. The fraction of sp³-hybridized carbons (Fsp3) is 0.320. The van der Waals surface area contributed by atoms with E-state index in [-0.39, 0.29) is 18.0 Å². The molecule has 9 heteroatoms. The van der Waals surface area contributed by atoms with Crippen LogP contribution in [0.5, 0.6) is 11.6 Å². The van der Waals surface area contributed by atoms with E-state index >= 15 is 0 Å².